The van der Waals surface area contributed by atoms with Crippen LogP contribution in [0.4, 0.5) is 4.39 Å². The molecule has 1 saturated carbocycles. The third-order valence-electron chi connectivity index (χ3n) is 2.03. The molecule has 1 aromatic rings. The van der Waals surface area contributed by atoms with Gasteiger partial charge in [-0.25, -0.2) is 14.4 Å². The fourth-order valence-corrected chi connectivity index (χ4v) is 0.966. The molecule has 1 aliphatic rings. The molecule has 0 unspecified atom stereocenters. The molecule has 0 aromatic carbocycles. The van der Waals surface area contributed by atoms with Crippen molar-refractivity contribution in [2.75, 3.05) is 13.2 Å². The van der Waals surface area contributed by atoms with Crippen LogP contribution in [0.25, 0.3) is 0 Å². The Labute approximate surface area is 101 Å². The van der Waals surface area contributed by atoms with E-state index in [0.717, 1.165) is 19.1 Å². The van der Waals surface area contributed by atoms with Gasteiger partial charge in [0.25, 0.3) is 0 Å². The summed E-state index contributed by atoms with van der Waals surface area (Å²) in [6, 6.07) is 1.54. The number of hydrogen-bond acceptors (Lipinski definition) is 4. The highest BCUT2D eigenvalue weighted by molar-refractivity contribution is 5.11. The average molecular weight is 242 g/mol. The lowest BCUT2D eigenvalue weighted by molar-refractivity contribution is -0.0979. The molecule has 0 bridgehead atoms. The van der Waals surface area contributed by atoms with E-state index in [0.29, 0.717) is 5.69 Å². The van der Waals surface area contributed by atoms with E-state index in [1.807, 2.05) is 13.7 Å². The average Bonchev–Trinajstić information content (AvgIpc) is 3.24. The molecule has 0 radical (unpaired) electrons. The van der Waals surface area contributed by atoms with Crippen molar-refractivity contribution in [3.05, 3.63) is 24.3 Å². The molecule has 1 aliphatic carbocycles. The van der Waals surface area contributed by atoms with Crippen LogP contribution in [0.1, 0.15) is 25.5 Å². The second kappa shape index (κ2) is 11.1. The topological polar surface area (TPSA) is 52.1 Å². The summed E-state index contributed by atoms with van der Waals surface area (Å²) in [6.45, 7) is 5.43. The predicted octanol–water partition coefficient (Wildman–Crippen LogP) is 2.19. The molecule has 0 N–H and O–H groups in total. The number of aromatic nitrogens is 2. The van der Waals surface area contributed by atoms with Gasteiger partial charge >= 0.3 is 0 Å². The van der Waals surface area contributed by atoms with Gasteiger partial charge in [-0.1, -0.05) is 0 Å². The van der Waals surface area contributed by atoms with Crippen molar-refractivity contribution in [2.24, 2.45) is 5.92 Å². The number of carbonyl (C=O) groups excluding carboxylic acids is 1. The van der Waals surface area contributed by atoms with E-state index in [4.69, 9.17) is 9.53 Å². The molecule has 17 heavy (non-hydrogen) atoms. The lowest BCUT2D eigenvalue weighted by Gasteiger charge is -1.93. The van der Waals surface area contributed by atoms with Crippen LogP contribution in [0.5, 0.6) is 0 Å². The molecular formula is C12H19FN2O2. The summed E-state index contributed by atoms with van der Waals surface area (Å²) in [5.74, 6) is 0.931. The van der Waals surface area contributed by atoms with Crippen LogP contribution in [0, 0.1) is 5.92 Å². The molecule has 96 valence electrons. The summed E-state index contributed by atoms with van der Waals surface area (Å²) in [5, 5.41) is 0. The zero-order valence-electron chi connectivity index (χ0n) is 10.1. The highest BCUT2D eigenvalue weighted by Gasteiger charge is 2.20. The van der Waals surface area contributed by atoms with Crippen molar-refractivity contribution in [1.29, 1.82) is 0 Å². The summed E-state index contributed by atoms with van der Waals surface area (Å²) in [4.78, 5) is 15.2. The number of hydrogen-bond donors (Lipinski definition) is 0. The van der Waals surface area contributed by atoms with Crippen molar-refractivity contribution in [3.8, 4) is 0 Å². The van der Waals surface area contributed by atoms with E-state index in [1.54, 1.807) is 6.07 Å². The molecule has 0 aliphatic heterocycles. The fourth-order valence-electron chi connectivity index (χ4n) is 0.966. The normalized spacial score (nSPS) is 12.8. The van der Waals surface area contributed by atoms with Gasteiger partial charge in [-0.05, 0) is 31.7 Å². The molecule has 1 heterocycles. The minimum absolute atomic E-state index is 0.431. The Bertz CT molecular complexity index is 268. The monoisotopic (exact) mass is 242 g/mol. The molecule has 1 fully saturated rings. The van der Waals surface area contributed by atoms with Crippen molar-refractivity contribution < 1.29 is 13.9 Å². The highest BCUT2D eigenvalue weighted by Crippen LogP contribution is 2.28. The van der Waals surface area contributed by atoms with Gasteiger partial charge in [0.2, 0.25) is 0 Å². The van der Waals surface area contributed by atoms with E-state index in [2.05, 4.69) is 9.97 Å². The largest absolute Gasteiger partial charge is 0.381 e. The highest BCUT2D eigenvalue weighted by atomic mass is 19.1. The summed E-state index contributed by atoms with van der Waals surface area (Å²) >= 11 is 0. The molecule has 2 rings (SSSR count). The summed E-state index contributed by atoms with van der Waals surface area (Å²) < 4.78 is 16.8. The lowest BCUT2D eigenvalue weighted by atomic mass is 10.4. The van der Waals surface area contributed by atoms with Crippen LogP contribution in [-0.4, -0.2) is 30.0 Å². The number of halogens is 1. The fraction of sp³-hybridized carbons (Fsp3) is 0.583. The van der Waals surface area contributed by atoms with Crippen molar-refractivity contribution >= 4 is 6.79 Å². The molecule has 1 aromatic heterocycles. The quantitative estimate of drug-likeness (QED) is 0.812. The van der Waals surface area contributed by atoms with Crippen LogP contribution in [0.3, 0.4) is 0 Å². The zero-order chi connectivity index (χ0) is 12.9. The Morgan fingerprint density at radius 3 is 2.59 bits per heavy atom. The lowest BCUT2D eigenvalue weighted by Crippen LogP contribution is -1.93. The van der Waals surface area contributed by atoms with Gasteiger partial charge < -0.3 is 9.53 Å². The zero-order valence-corrected chi connectivity index (χ0v) is 10.1. The van der Waals surface area contributed by atoms with E-state index in [9.17, 15) is 4.39 Å². The Hall–Kier alpha value is -1.36. The van der Waals surface area contributed by atoms with Gasteiger partial charge in [0.15, 0.2) is 0 Å². The van der Waals surface area contributed by atoms with Crippen LogP contribution in [0.15, 0.2) is 18.6 Å². The van der Waals surface area contributed by atoms with E-state index >= 15 is 0 Å². The predicted molar refractivity (Wildman–Crippen MR) is 63.2 cm³/mol. The molecule has 0 amide bonds. The number of ether oxygens (including phenoxy) is 1. The SMILES string of the molecule is C=O.CCOCC1CC1.FCc1ccncn1. The van der Waals surface area contributed by atoms with Crippen molar-refractivity contribution in [1.82, 2.24) is 9.97 Å². The first-order valence-corrected chi connectivity index (χ1v) is 5.54. The Kier molecular flexibility index (Phi) is 10.2. The second-order valence-corrected chi connectivity index (χ2v) is 3.44. The molecule has 0 spiro atoms. The van der Waals surface area contributed by atoms with Gasteiger partial charge in [-0.3, -0.25) is 0 Å². The Morgan fingerprint density at radius 1 is 1.53 bits per heavy atom. The van der Waals surface area contributed by atoms with Crippen LogP contribution < -0.4 is 0 Å². The minimum Gasteiger partial charge on any atom is -0.381 e. The Morgan fingerprint density at radius 2 is 2.24 bits per heavy atom. The number of carbonyl (C=O) groups is 1. The molecule has 5 heteroatoms. The third-order valence-corrected chi connectivity index (χ3v) is 2.03. The second-order valence-electron chi connectivity index (χ2n) is 3.44. The van der Waals surface area contributed by atoms with Gasteiger partial charge in [0.05, 0.1) is 5.69 Å². The Balaban J connectivity index is 0.000000265. The first kappa shape index (κ1) is 15.6. The summed E-state index contributed by atoms with van der Waals surface area (Å²) in [7, 11) is 0. The maximum Gasteiger partial charge on any atom is 0.132 e. The smallest absolute Gasteiger partial charge is 0.132 e. The van der Waals surface area contributed by atoms with E-state index in [-0.39, 0.29) is 0 Å². The maximum atomic E-state index is 11.6. The maximum absolute atomic E-state index is 11.6. The first-order chi connectivity index (χ1) is 8.36. The molecule has 0 atom stereocenters. The van der Waals surface area contributed by atoms with Gasteiger partial charge in [-0.2, -0.15) is 0 Å². The molecular weight excluding hydrogens is 223 g/mol. The third kappa shape index (κ3) is 9.56. The van der Waals surface area contributed by atoms with Crippen molar-refractivity contribution in [3.63, 3.8) is 0 Å². The van der Waals surface area contributed by atoms with Crippen LogP contribution in [-0.2, 0) is 16.2 Å². The molecule has 4 nitrogen and oxygen atoms in total. The minimum atomic E-state index is -0.511. The van der Waals surface area contributed by atoms with E-state index < -0.39 is 6.67 Å². The van der Waals surface area contributed by atoms with Gasteiger partial charge in [0.1, 0.15) is 19.8 Å². The molecule has 0 saturated heterocycles. The number of alkyl halides is 1. The van der Waals surface area contributed by atoms with Crippen LogP contribution in [0.2, 0.25) is 0 Å². The van der Waals surface area contributed by atoms with Crippen molar-refractivity contribution in [2.45, 2.75) is 26.4 Å². The van der Waals surface area contributed by atoms with E-state index in [1.165, 1.54) is 25.4 Å². The first-order valence-electron chi connectivity index (χ1n) is 5.54. The standard InChI is InChI=1S/C6H12O.C5H5FN2.CH2O/c1-2-7-5-6-3-4-6;6-3-5-1-2-7-4-8-5;1-2/h6H,2-5H2,1H3;1-2,4H,3H2;1H2. The van der Waals surface area contributed by atoms with Gasteiger partial charge in [-0.15, -0.1) is 0 Å². The number of nitrogens with zero attached hydrogens (tertiary/aromatic N) is 2. The summed E-state index contributed by atoms with van der Waals surface area (Å²) in [5.41, 5.74) is 0.431. The van der Waals surface area contributed by atoms with Gasteiger partial charge in [0, 0.05) is 19.4 Å². The number of rotatable bonds is 4. The summed E-state index contributed by atoms with van der Waals surface area (Å²) in [6.07, 6.45) is 5.65. The van der Waals surface area contributed by atoms with Crippen LogP contribution >= 0.6 is 0 Å².